The summed E-state index contributed by atoms with van der Waals surface area (Å²) in [4.78, 5) is 0. The van der Waals surface area contributed by atoms with Gasteiger partial charge in [0.1, 0.15) is 5.75 Å². The Morgan fingerprint density at radius 1 is 1.16 bits per heavy atom. The molecule has 0 aliphatic carbocycles. The fourth-order valence-electron chi connectivity index (χ4n) is 2.09. The molecular formula is C16H27NO2. The topological polar surface area (TPSA) is 44.5 Å². The summed E-state index contributed by atoms with van der Waals surface area (Å²) in [5, 5.41) is 0. The van der Waals surface area contributed by atoms with E-state index in [1.807, 2.05) is 31.2 Å². The molecule has 0 fully saturated rings. The second-order valence-electron chi connectivity index (χ2n) is 4.99. The zero-order valence-corrected chi connectivity index (χ0v) is 12.6. The van der Waals surface area contributed by atoms with Crippen LogP contribution >= 0.6 is 0 Å². The van der Waals surface area contributed by atoms with Gasteiger partial charge in [-0.2, -0.15) is 0 Å². The lowest BCUT2D eigenvalue weighted by atomic mass is 9.88. The molecule has 2 atom stereocenters. The van der Waals surface area contributed by atoms with Gasteiger partial charge in [0.25, 0.3) is 0 Å². The molecule has 2 N–H and O–H groups in total. The van der Waals surface area contributed by atoms with Crippen LogP contribution in [0.15, 0.2) is 24.3 Å². The van der Waals surface area contributed by atoms with Crippen molar-refractivity contribution in [2.75, 3.05) is 13.2 Å². The van der Waals surface area contributed by atoms with Gasteiger partial charge in [-0.05, 0) is 44.4 Å². The van der Waals surface area contributed by atoms with Gasteiger partial charge in [-0.25, -0.2) is 0 Å². The van der Waals surface area contributed by atoms with Gasteiger partial charge in [0.15, 0.2) is 0 Å². The first kappa shape index (κ1) is 16.0. The Hall–Kier alpha value is -1.06. The molecule has 0 radical (unpaired) electrons. The van der Waals surface area contributed by atoms with E-state index in [-0.39, 0.29) is 11.6 Å². The molecule has 0 spiro atoms. The predicted molar refractivity (Wildman–Crippen MR) is 79.5 cm³/mol. The van der Waals surface area contributed by atoms with E-state index in [4.69, 9.17) is 15.2 Å². The first-order valence-corrected chi connectivity index (χ1v) is 7.19. The van der Waals surface area contributed by atoms with Gasteiger partial charge in [0.05, 0.1) is 18.2 Å². The van der Waals surface area contributed by atoms with Gasteiger partial charge >= 0.3 is 0 Å². The van der Waals surface area contributed by atoms with Crippen LogP contribution in [-0.2, 0) is 4.74 Å². The average Bonchev–Trinajstić information content (AvgIpc) is 2.45. The van der Waals surface area contributed by atoms with E-state index in [0.29, 0.717) is 6.61 Å². The fourth-order valence-corrected chi connectivity index (χ4v) is 2.09. The molecule has 1 rings (SSSR count). The predicted octanol–water partition coefficient (Wildman–Crippen LogP) is 3.68. The highest BCUT2D eigenvalue weighted by atomic mass is 16.5. The number of benzene rings is 1. The molecule has 0 saturated carbocycles. The zero-order valence-electron chi connectivity index (χ0n) is 12.6. The number of hydrogen-bond acceptors (Lipinski definition) is 3. The normalized spacial score (nSPS) is 15.8. The van der Waals surface area contributed by atoms with E-state index in [1.165, 1.54) is 0 Å². The van der Waals surface area contributed by atoms with Gasteiger partial charge in [-0.3, -0.25) is 0 Å². The molecule has 0 heterocycles. The lowest BCUT2D eigenvalue weighted by Crippen LogP contribution is -2.40. The molecule has 0 bridgehead atoms. The largest absolute Gasteiger partial charge is 0.494 e. The van der Waals surface area contributed by atoms with Crippen LogP contribution in [0, 0.1) is 0 Å². The minimum atomic E-state index is -0.319. The highest BCUT2D eigenvalue weighted by Gasteiger charge is 2.31. The summed E-state index contributed by atoms with van der Waals surface area (Å²) in [5.41, 5.74) is 7.12. The Labute approximate surface area is 117 Å². The van der Waals surface area contributed by atoms with Crippen molar-refractivity contribution in [3.05, 3.63) is 29.8 Å². The molecule has 0 amide bonds. The van der Waals surface area contributed by atoms with Crippen LogP contribution < -0.4 is 10.5 Å². The molecular weight excluding hydrogens is 238 g/mol. The van der Waals surface area contributed by atoms with Crippen molar-refractivity contribution >= 4 is 0 Å². The number of rotatable bonds is 8. The van der Waals surface area contributed by atoms with Crippen LogP contribution in [0.2, 0.25) is 0 Å². The highest BCUT2D eigenvalue weighted by molar-refractivity contribution is 5.30. The summed E-state index contributed by atoms with van der Waals surface area (Å²) in [7, 11) is 0. The Morgan fingerprint density at radius 3 is 2.26 bits per heavy atom. The maximum atomic E-state index is 6.35. The molecule has 3 heteroatoms. The smallest absolute Gasteiger partial charge is 0.119 e. The Bertz CT molecular complexity index is 364. The quantitative estimate of drug-likeness (QED) is 0.779. The first-order valence-electron chi connectivity index (χ1n) is 7.19. The van der Waals surface area contributed by atoms with Crippen molar-refractivity contribution in [2.24, 2.45) is 5.73 Å². The van der Waals surface area contributed by atoms with Crippen LogP contribution in [0.1, 0.15) is 52.1 Å². The molecule has 19 heavy (non-hydrogen) atoms. The van der Waals surface area contributed by atoms with Crippen molar-refractivity contribution in [1.82, 2.24) is 0 Å². The van der Waals surface area contributed by atoms with Crippen molar-refractivity contribution in [3.63, 3.8) is 0 Å². The van der Waals surface area contributed by atoms with Crippen LogP contribution in [-0.4, -0.2) is 18.8 Å². The Morgan fingerprint density at radius 2 is 1.79 bits per heavy atom. The molecule has 0 aliphatic heterocycles. The maximum absolute atomic E-state index is 6.35. The summed E-state index contributed by atoms with van der Waals surface area (Å²) in [6.45, 7) is 9.70. The minimum Gasteiger partial charge on any atom is -0.494 e. The van der Waals surface area contributed by atoms with Gasteiger partial charge < -0.3 is 15.2 Å². The van der Waals surface area contributed by atoms with Gasteiger partial charge in [0.2, 0.25) is 0 Å². The summed E-state index contributed by atoms with van der Waals surface area (Å²) >= 11 is 0. The molecule has 0 aliphatic rings. The van der Waals surface area contributed by atoms with E-state index in [1.54, 1.807) is 0 Å². The van der Waals surface area contributed by atoms with E-state index in [9.17, 15) is 0 Å². The summed E-state index contributed by atoms with van der Waals surface area (Å²) in [6, 6.07) is 7.89. The van der Waals surface area contributed by atoms with Gasteiger partial charge in [-0.1, -0.05) is 26.0 Å². The molecule has 108 valence electrons. The molecule has 0 aromatic heterocycles. The number of ether oxygens (including phenoxy) is 2. The van der Waals surface area contributed by atoms with E-state index >= 15 is 0 Å². The Kier molecular flexibility index (Phi) is 6.32. The molecule has 1 aromatic carbocycles. The zero-order chi connectivity index (χ0) is 14.3. The molecule has 3 nitrogen and oxygen atoms in total. The van der Waals surface area contributed by atoms with E-state index in [2.05, 4.69) is 20.8 Å². The van der Waals surface area contributed by atoms with Crippen molar-refractivity contribution < 1.29 is 9.47 Å². The SMILES string of the molecule is CCCOc1ccc(C(N)C(C)(CC)OCC)cc1. The molecule has 2 unspecified atom stereocenters. The lowest BCUT2D eigenvalue weighted by Gasteiger charge is -2.34. The van der Waals surface area contributed by atoms with E-state index < -0.39 is 0 Å². The van der Waals surface area contributed by atoms with Crippen LogP contribution in [0.3, 0.4) is 0 Å². The van der Waals surface area contributed by atoms with Gasteiger partial charge in [0, 0.05) is 6.61 Å². The second kappa shape index (κ2) is 7.51. The second-order valence-corrected chi connectivity index (χ2v) is 4.99. The standard InChI is InChI=1S/C16H27NO2/c1-5-12-18-14-10-8-13(9-11-14)15(17)16(4,6-2)19-7-3/h8-11,15H,5-7,12,17H2,1-4H3. The van der Waals surface area contributed by atoms with Crippen molar-refractivity contribution in [2.45, 2.75) is 52.2 Å². The summed E-state index contributed by atoms with van der Waals surface area (Å²) in [6.07, 6.45) is 1.90. The third-order valence-electron chi connectivity index (χ3n) is 3.55. The van der Waals surface area contributed by atoms with Crippen molar-refractivity contribution in [3.8, 4) is 5.75 Å². The highest BCUT2D eigenvalue weighted by Crippen LogP contribution is 2.30. The lowest BCUT2D eigenvalue weighted by molar-refractivity contribution is -0.0472. The summed E-state index contributed by atoms with van der Waals surface area (Å²) in [5.74, 6) is 0.896. The third kappa shape index (κ3) is 4.22. The average molecular weight is 265 g/mol. The summed E-state index contributed by atoms with van der Waals surface area (Å²) < 4.78 is 11.4. The minimum absolute atomic E-state index is 0.127. The van der Waals surface area contributed by atoms with E-state index in [0.717, 1.165) is 30.8 Å². The maximum Gasteiger partial charge on any atom is 0.119 e. The monoisotopic (exact) mass is 265 g/mol. The number of nitrogens with two attached hydrogens (primary N) is 1. The van der Waals surface area contributed by atoms with Gasteiger partial charge in [-0.15, -0.1) is 0 Å². The van der Waals surface area contributed by atoms with Crippen molar-refractivity contribution in [1.29, 1.82) is 0 Å². The van der Waals surface area contributed by atoms with Crippen LogP contribution in [0.4, 0.5) is 0 Å². The van der Waals surface area contributed by atoms with Crippen LogP contribution in [0.25, 0.3) is 0 Å². The van der Waals surface area contributed by atoms with Crippen LogP contribution in [0.5, 0.6) is 5.75 Å². The Balaban J connectivity index is 2.78. The number of hydrogen-bond donors (Lipinski definition) is 1. The molecule has 0 saturated heterocycles. The molecule has 1 aromatic rings. The third-order valence-corrected chi connectivity index (χ3v) is 3.55. The first-order chi connectivity index (χ1) is 9.07. The fraction of sp³-hybridized carbons (Fsp3) is 0.625.